The van der Waals surface area contributed by atoms with E-state index in [2.05, 4.69) is 31.3 Å². The predicted octanol–water partition coefficient (Wildman–Crippen LogP) is 5.35. The second-order valence-corrected chi connectivity index (χ2v) is 11.7. The maximum atomic E-state index is 13.5. The fraction of sp³-hybridized carbons (Fsp3) is 0.500. The summed E-state index contributed by atoms with van der Waals surface area (Å²) in [5.41, 5.74) is 3.93. The molecule has 2 aromatic heterocycles. The summed E-state index contributed by atoms with van der Waals surface area (Å²) in [7, 11) is 0. The average molecular weight is 675 g/mol. The quantitative estimate of drug-likeness (QED) is 0.345. The normalized spacial score (nSPS) is 17.6. The van der Waals surface area contributed by atoms with E-state index >= 15 is 0 Å². The number of aromatic nitrogens is 4. The number of carboxylic acids is 2. The summed E-state index contributed by atoms with van der Waals surface area (Å²) in [4.78, 5) is 36.8. The molecule has 17 heteroatoms. The SMILES string of the molecule is Cc1nc2c(n1CC1CC1)CN(Cc1ccc(F)cc1)CC21CCN(c2ncccn2)CC1.O=C(O)C(F)(F)F.O=C(O)C(F)(F)F. The van der Waals surface area contributed by atoms with E-state index in [4.69, 9.17) is 24.8 Å². The Morgan fingerprint density at radius 2 is 1.47 bits per heavy atom. The standard InChI is InChI=1S/C26H31FN6.2C2HF3O2/c1-19-30-24-23(33(19)16-21-3-4-21)17-31(15-20-5-7-22(27)8-6-20)18-26(24)9-13-32(14-10-26)25-28-11-2-12-29-25;2*3-2(4,5)1(6)7/h2,5-8,11-12,21H,3-4,9-10,13-18H2,1H3;2*(H,6,7). The first kappa shape index (κ1) is 35.6. The van der Waals surface area contributed by atoms with Crippen molar-refractivity contribution >= 4 is 17.9 Å². The van der Waals surface area contributed by atoms with Gasteiger partial charge in [0.25, 0.3) is 0 Å². The Kier molecular flexibility index (Phi) is 10.8. The molecule has 47 heavy (non-hydrogen) atoms. The molecule has 2 fully saturated rings. The van der Waals surface area contributed by atoms with E-state index in [1.54, 1.807) is 12.1 Å². The van der Waals surface area contributed by atoms with Crippen LogP contribution in [-0.2, 0) is 34.6 Å². The van der Waals surface area contributed by atoms with Crippen LogP contribution in [0.4, 0.5) is 36.7 Å². The average Bonchev–Trinajstić information content (AvgIpc) is 3.77. The van der Waals surface area contributed by atoms with Crippen LogP contribution in [0, 0.1) is 18.7 Å². The number of carbonyl (C=O) groups is 2. The highest BCUT2D eigenvalue weighted by molar-refractivity contribution is 5.73. The number of imidazole rings is 1. The molecule has 3 aromatic rings. The number of piperidine rings is 1. The lowest BCUT2D eigenvalue weighted by Gasteiger charge is -2.47. The molecule has 2 N–H and O–H groups in total. The van der Waals surface area contributed by atoms with Crippen LogP contribution in [-0.4, -0.2) is 78.6 Å². The number of rotatable bonds is 5. The number of carboxylic acid groups (broad SMARTS) is 2. The van der Waals surface area contributed by atoms with Crippen molar-refractivity contribution in [2.45, 2.75) is 70.0 Å². The molecule has 1 spiro atoms. The first-order valence-electron chi connectivity index (χ1n) is 14.6. The largest absolute Gasteiger partial charge is 0.490 e. The number of anilines is 1. The molecule has 6 rings (SSSR count). The summed E-state index contributed by atoms with van der Waals surface area (Å²) in [6.07, 6.45) is -1.78. The van der Waals surface area contributed by atoms with E-state index in [1.807, 2.05) is 30.6 Å². The number of hydrogen-bond acceptors (Lipinski definition) is 7. The first-order chi connectivity index (χ1) is 22.0. The molecule has 2 aliphatic heterocycles. The van der Waals surface area contributed by atoms with Crippen LogP contribution in [0.5, 0.6) is 0 Å². The fourth-order valence-electron chi connectivity index (χ4n) is 5.71. The molecule has 4 heterocycles. The van der Waals surface area contributed by atoms with Crippen molar-refractivity contribution in [3.8, 4) is 0 Å². The van der Waals surface area contributed by atoms with Gasteiger partial charge in [0.05, 0.1) is 11.4 Å². The molecule has 1 aromatic carbocycles. The second kappa shape index (κ2) is 14.2. The zero-order chi connectivity index (χ0) is 34.6. The Hall–Kier alpha value is -4.28. The summed E-state index contributed by atoms with van der Waals surface area (Å²) in [6, 6.07) is 8.84. The van der Waals surface area contributed by atoms with Crippen LogP contribution in [0.25, 0.3) is 0 Å². The summed E-state index contributed by atoms with van der Waals surface area (Å²) in [5, 5.41) is 14.2. The molecule has 1 saturated heterocycles. The van der Waals surface area contributed by atoms with Crippen molar-refractivity contribution in [2.75, 3.05) is 24.5 Å². The van der Waals surface area contributed by atoms with E-state index in [0.717, 1.165) is 75.4 Å². The van der Waals surface area contributed by atoms with Crippen LogP contribution in [0.1, 0.15) is 48.5 Å². The van der Waals surface area contributed by atoms with Gasteiger partial charge < -0.3 is 19.7 Å². The Bertz CT molecular complexity index is 1490. The van der Waals surface area contributed by atoms with E-state index < -0.39 is 24.3 Å². The minimum Gasteiger partial charge on any atom is -0.475 e. The molecular formula is C30H33F7N6O4. The van der Waals surface area contributed by atoms with E-state index in [9.17, 15) is 30.7 Å². The van der Waals surface area contributed by atoms with Crippen LogP contribution in [0.15, 0.2) is 42.7 Å². The highest BCUT2D eigenvalue weighted by atomic mass is 19.4. The lowest BCUT2D eigenvalue weighted by Crippen LogP contribution is -2.52. The van der Waals surface area contributed by atoms with E-state index in [0.29, 0.717) is 0 Å². The van der Waals surface area contributed by atoms with Gasteiger partial charge in [-0.25, -0.2) is 28.9 Å². The number of aryl methyl sites for hydroxylation is 1. The van der Waals surface area contributed by atoms with Crippen LogP contribution in [0.3, 0.4) is 0 Å². The third-order valence-corrected chi connectivity index (χ3v) is 8.16. The van der Waals surface area contributed by atoms with Crippen molar-refractivity contribution in [3.05, 3.63) is 71.3 Å². The number of hydrogen-bond donors (Lipinski definition) is 2. The molecule has 1 saturated carbocycles. The van der Waals surface area contributed by atoms with E-state index in [1.165, 1.54) is 24.2 Å². The zero-order valence-electron chi connectivity index (χ0n) is 25.2. The molecule has 256 valence electrons. The Labute approximate surface area is 264 Å². The van der Waals surface area contributed by atoms with Crippen LogP contribution in [0.2, 0.25) is 0 Å². The Morgan fingerprint density at radius 3 is 1.96 bits per heavy atom. The van der Waals surface area contributed by atoms with Gasteiger partial charge in [0.1, 0.15) is 11.6 Å². The van der Waals surface area contributed by atoms with Gasteiger partial charge in [-0.3, -0.25) is 4.90 Å². The number of benzene rings is 1. The number of alkyl halides is 6. The summed E-state index contributed by atoms with van der Waals surface area (Å²) >= 11 is 0. The van der Waals surface area contributed by atoms with Crippen molar-refractivity contribution in [2.24, 2.45) is 5.92 Å². The van der Waals surface area contributed by atoms with Crippen molar-refractivity contribution in [1.29, 1.82) is 0 Å². The molecular weight excluding hydrogens is 641 g/mol. The molecule has 3 aliphatic rings. The van der Waals surface area contributed by atoms with Gasteiger partial charge >= 0.3 is 24.3 Å². The summed E-state index contributed by atoms with van der Waals surface area (Å²) < 4.78 is 79.4. The van der Waals surface area contributed by atoms with Crippen molar-refractivity contribution < 1.29 is 50.5 Å². The fourth-order valence-corrected chi connectivity index (χ4v) is 5.71. The number of halogens is 7. The van der Waals surface area contributed by atoms with Gasteiger partial charge in [-0.15, -0.1) is 0 Å². The third-order valence-electron chi connectivity index (χ3n) is 8.16. The molecule has 0 unspecified atom stereocenters. The monoisotopic (exact) mass is 674 g/mol. The molecule has 0 atom stereocenters. The van der Waals surface area contributed by atoms with Gasteiger partial charge in [-0.1, -0.05) is 12.1 Å². The summed E-state index contributed by atoms with van der Waals surface area (Å²) in [6.45, 7) is 7.87. The van der Waals surface area contributed by atoms with Crippen molar-refractivity contribution in [3.63, 3.8) is 0 Å². The molecule has 0 radical (unpaired) electrons. The third kappa shape index (κ3) is 9.39. The predicted molar refractivity (Wildman–Crippen MR) is 153 cm³/mol. The molecule has 0 amide bonds. The van der Waals surface area contributed by atoms with E-state index in [-0.39, 0.29) is 11.2 Å². The van der Waals surface area contributed by atoms with Gasteiger partial charge in [0, 0.05) is 57.1 Å². The van der Waals surface area contributed by atoms with Crippen LogP contribution >= 0.6 is 0 Å². The maximum absolute atomic E-state index is 13.5. The smallest absolute Gasteiger partial charge is 0.475 e. The Morgan fingerprint density at radius 1 is 0.936 bits per heavy atom. The van der Waals surface area contributed by atoms with Crippen molar-refractivity contribution in [1.82, 2.24) is 24.4 Å². The van der Waals surface area contributed by atoms with Crippen LogP contribution < -0.4 is 4.90 Å². The van der Waals surface area contributed by atoms with Gasteiger partial charge in [0.2, 0.25) is 5.95 Å². The Balaban J connectivity index is 0.000000301. The molecule has 10 nitrogen and oxygen atoms in total. The highest BCUT2D eigenvalue weighted by Gasteiger charge is 2.46. The lowest BCUT2D eigenvalue weighted by molar-refractivity contribution is -0.193. The number of fused-ring (bicyclic) bond motifs is 2. The lowest BCUT2D eigenvalue weighted by atomic mass is 9.72. The van der Waals surface area contributed by atoms with Gasteiger partial charge in [-0.05, 0) is 62.3 Å². The second-order valence-electron chi connectivity index (χ2n) is 11.7. The highest BCUT2D eigenvalue weighted by Crippen LogP contribution is 2.43. The maximum Gasteiger partial charge on any atom is 0.490 e. The zero-order valence-corrected chi connectivity index (χ0v) is 25.2. The summed E-state index contributed by atoms with van der Waals surface area (Å²) in [5.74, 6) is -2.90. The minimum atomic E-state index is -5.08. The topological polar surface area (TPSA) is 125 Å². The number of nitrogens with zero attached hydrogens (tertiary/aromatic N) is 6. The van der Waals surface area contributed by atoms with Gasteiger partial charge in [-0.2, -0.15) is 26.3 Å². The molecule has 0 bridgehead atoms. The first-order valence-corrected chi connectivity index (χ1v) is 14.6. The van der Waals surface area contributed by atoms with Gasteiger partial charge in [0.15, 0.2) is 0 Å². The molecule has 1 aliphatic carbocycles. The minimum absolute atomic E-state index is 0.0401. The number of aliphatic carboxylic acids is 2.